The third-order valence-electron chi connectivity index (χ3n) is 4.27. The molecule has 7 nitrogen and oxygen atoms in total. The number of carbonyl (C=O) groups excluding carboxylic acids is 1. The number of anilines is 2. The summed E-state index contributed by atoms with van der Waals surface area (Å²) in [6.07, 6.45) is 4.57. The van der Waals surface area contributed by atoms with Gasteiger partial charge in [0.25, 0.3) is 5.91 Å². The van der Waals surface area contributed by atoms with Gasteiger partial charge in [0.1, 0.15) is 0 Å². The van der Waals surface area contributed by atoms with Crippen molar-refractivity contribution in [3.63, 3.8) is 0 Å². The summed E-state index contributed by atoms with van der Waals surface area (Å²) in [5, 5.41) is 3.89. The van der Waals surface area contributed by atoms with E-state index in [1.807, 2.05) is 19.1 Å². The van der Waals surface area contributed by atoms with Gasteiger partial charge in [0.2, 0.25) is 5.95 Å². The molecule has 4 heterocycles. The summed E-state index contributed by atoms with van der Waals surface area (Å²) >= 11 is 1.35. The SMILES string of the molecule is CC(Nc1nc(C(=O)N2CCC2)c2sc(N)cc2n1)c1cccnc1. The van der Waals surface area contributed by atoms with Crippen LogP contribution in [0, 0.1) is 0 Å². The molecular weight excluding hydrogens is 336 g/mol. The van der Waals surface area contributed by atoms with E-state index in [1.54, 1.807) is 23.4 Å². The fourth-order valence-corrected chi connectivity index (χ4v) is 3.58. The number of nitrogens with two attached hydrogens (primary N) is 1. The number of nitrogens with zero attached hydrogens (tertiary/aromatic N) is 4. The lowest BCUT2D eigenvalue weighted by atomic mass is 10.1. The molecule has 0 radical (unpaired) electrons. The second kappa shape index (κ2) is 6.29. The highest BCUT2D eigenvalue weighted by Crippen LogP contribution is 2.31. The first kappa shape index (κ1) is 15.8. The van der Waals surface area contributed by atoms with Gasteiger partial charge in [-0.05, 0) is 31.0 Å². The molecule has 8 heteroatoms. The van der Waals surface area contributed by atoms with Crippen molar-refractivity contribution in [2.45, 2.75) is 19.4 Å². The fraction of sp³-hybridized carbons (Fsp3) is 0.294. The van der Waals surface area contributed by atoms with Crippen LogP contribution in [0.25, 0.3) is 10.2 Å². The van der Waals surface area contributed by atoms with Crippen LogP contribution < -0.4 is 11.1 Å². The van der Waals surface area contributed by atoms with Crippen LogP contribution in [-0.2, 0) is 0 Å². The molecule has 1 saturated heterocycles. The molecule has 0 aliphatic carbocycles. The molecule has 25 heavy (non-hydrogen) atoms. The van der Waals surface area contributed by atoms with Crippen LogP contribution in [0.3, 0.4) is 0 Å². The molecule has 4 rings (SSSR count). The van der Waals surface area contributed by atoms with E-state index in [2.05, 4.69) is 20.3 Å². The molecule has 1 fully saturated rings. The van der Waals surface area contributed by atoms with Crippen LogP contribution >= 0.6 is 11.3 Å². The average Bonchev–Trinajstić information content (AvgIpc) is 2.93. The number of fused-ring (bicyclic) bond motifs is 1. The quantitative estimate of drug-likeness (QED) is 0.748. The van der Waals surface area contributed by atoms with Crippen molar-refractivity contribution in [1.29, 1.82) is 0 Å². The number of carbonyl (C=O) groups is 1. The Morgan fingerprint density at radius 3 is 2.92 bits per heavy atom. The van der Waals surface area contributed by atoms with E-state index < -0.39 is 0 Å². The summed E-state index contributed by atoms with van der Waals surface area (Å²) in [5.74, 6) is 0.364. The molecule has 0 spiro atoms. The number of hydrogen-bond acceptors (Lipinski definition) is 7. The molecule has 0 bridgehead atoms. The molecule has 3 aromatic heterocycles. The number of rotatable bonds is 4. The van der Waals surface area contributed by atoms with Gasteiger partial charge in [0.15, 0.2) is 5.69 Å². The Bertz CT molecular complexity index is 922. The first-order valence-electron chi connectivity index (χ1n) is 8.14. The molecule has 1 aliphatic rings. The summed E-state index contributed by atoms with van der Waals surface area (Å²) in [6.45, 7) is 3.56. The molecule has 1 aliphatic heterocycles. The van der Waals surface area contributed by atoms with Crippen LogP contribution in [0.15, 0.2) is 30.6 Å². The normalized spacial score (nSPS) is 15.0. The topological polar surface area (TPSA) is 97.0 Å². The predicted molar refractivity (Wildman–Crippen MR) is 98.6 cm³/mol. The van der Waals surface area contributed by atoms with Gasteiger partial charge in [-0.15, -0.1) is 11.3 Å². The summed E-state index contributed by atoms with van der Waals surface area (Å²) in [4.78, 5) is 27.7. The Balaban J connectivity index is 1.70. The van der Waals surface area contributed by atoms with Gasteiger partial charge in [-0.1, -0.05) is 6.07 Å². The van der Waals surface area contributed by atoms with Gasteiger partial charge in [0.05, 0.1) is 21.3 Å². The number of thiophene rings is 1. The molecular formula is C17H18N6OS. The number of nitrogen functional groups attached to an aromatic ring is 1. The van der Waals surface area contributed by atoms with Gasteiger partial charge >= 0.3 is 0 Å². The highest BCUT2D eigenvalue weighted by Gasteiger charge is 2.26. The minimum Gasteiger partial charge on any atom is -0.391 e. The Hall–Kier alpha value is -2.74. The maximum absolute atomic E-state index is 12.7. The Labute approximate surface area is 148 Å². The van der Waals surface area contributed by atoms with Crippen molar-refractivity contribution in [1.82, 2.24) is 19.9 Å². The summed E-state index contributed by atoms with van der Waals surface area (Å²) in [6, 6.07) is 5.62. The Morgan fingerprint density at radius 2 is 2.24 bits per heavy atom. The van der Waals surface area contributed by atoms with Crippen LogP contribution in [0.2, 0.25) is 0 Å². The van der Waals surface area contributed by atoms with E-state index in [4.69, 9.17) is 5.73 Å². The lowest BCUT2D eigenvalue weighted by Crippen LogP contribution is -2.42. The van der Waals surface area contributed by atoms with Crippen LogP contribution in [0.1, 0.15) is 35.4 Å². The third kappa shape index (κ3) is 3.00. The first-order chi connectivity index (χ1) is 12.1. The highest BCUT2D eigenvalue weighted by molar-refractivity contribution is 7.22. The number of likely N-dealkylation sites (tertiary alicyclic amines) is 1. The van der Waals surface area contributed by atoms with Crippen molar-refractivity contribution in [3.05, 3.63) is 41.9 Å². The van der Waals surface area contributed by atoms with E-state index in [9.17, 15) is 4.79 Å². The Kier molecular flexibility index (Phi) is 3.96. The van der Waals surface area contributed by atoms with Crippen molar-refractivity contribution in [2.24, 2.45) is 0 Å². The second-order valence-electron chi connectivity index (χ2n) is 6.06. The molecule has 0 saturated carbocycles. The van der Waals surface area contributed by atoms with E-state index in [0.717, 1.165) is 29.8 Å². The van der Waals surface area contributed by atoms with E-state index in [1.165, 1.54) is 11.3 Å². The highest BCUT2D eigenvalue weighted by atomic mass is 32.1. The van der Waals surface area contributed by atoms with Crippen molar-refractivity contribution in [3.8, 4) is 0 Å². The molecule has 1 atom stereocenters. The minimum absolute atomic E-state index is 0.0332. The summed E-state index contributed by atoms with van der Waals surface area (Å²) < 4.78 is 0.744. The number of pyridine rings is 1. The molecule has 3 aromatic rings. The smallest absolute Gasteiger partial charge is 0.274 e. The van der Waals surface area contributed by atoms with Crippen LogP contribution in [0.4, 0.5) is 10.9 Å². The zero-order chi connectivity index (χ0) is 17.4. The van der Waals surface area contributed by atoms with Crippen LogP contribution in [-0.4, -0.2) is 38.8 Å². The zero-order valence-electron chi connectivity index (χ0n) is 13.8. The van der Waals surface area contributed by atoms with E-state index >= 15 is 0 Å². The van der Waals surface area contributed by atoms with E-state index in [0.29, 0.717) is 22.2 Å². The van der Waals surface area contributed by atoms with E-state index in [-0.39, 0.29) is 11.9 Å². The van der Waals surface area contributed by atoms with Crippen molar-refractivity contribution >= 4 is 38.4 Å². The third-order valence-corrected chi connectivity index (χ3v) is 5.23. The van der Waals surface area contributed by atoms with Gasteiger partial charge in [0, 0.05) is 25.5 Å². The van der Waals surface area contributed by atoms with Crippen LogP contribution in [0.5, 0.6) is 0 Å². The predicted octanol–water partition coefficient (Wildman–Crippen LogP) is 2.69. The molecule has 0 aromatic carbocycles. The lowest BCUT2D eigenvalue weighted by molar-refractivity contribution is 0.0648. The van der Waals surface area contributed by atoms with Gasteiger partial charge in [-0.25, -0.2) is 9.97 Å². The molecule has 1 unspecified atom stereocenters. The summed E-state index contributed by atoms with van der Waals surface area (Å²) in [7, 11) is 0. The van der Waals surface area contributed by atoms with Crippen molar-refractivity contribution in [2.75, 3.05) is 24.1 Å². The fourth-order valence-electron chi connectivity index (χ4n) is 2.74. The van der Waals surface area contributed by atoms with Crippen molar-refractivity contribution < 1.29 is 4.79 Å². The monoisotopic (exact) mass is 354 g/mol. The lowest BCUT2D eigenvalue weighted by Gasteiger charge is -2.30. The first-order valence-corrected chi connectivity index (χ1v) is 8.96. The Morgan fingerprint density at radius 1 is 1.40 bits per heavy atom. The second-order valence-corrected chi connectivity index (χ2v) is 7.14. The molecule has 3 N–H and O–H groups in total. The number of hydrogen-bond donors (Lipinski definition) is 2. The molecule has 1 amide bonds. The van der Waals surface area contributed by atoms with Gasteiger partial charge < -0.3 is 16.0 Å². The maximum atomic E-state index is 12.7. The minimum atomic E-state index is -0.0578. The van der Waals surface area contributed by atoms with Gasteiger partial charge in [-0.2, -0.15) is 0 Å². The maximum Gasteiger partial charge on any atom is 0.274 e. The molecule has 128 valence electrons. The largest absolute Gasteiger partial charge is 0.391 e. The summed E-state index contributed by atoms with van der Waals surface area (Å²) in [5.41, 5.74) is 8.06. The average molecular weight is 354 g/mol. The van der Waals surface area contributed by atoms with Gasteiger partial charge in [-0.3, -0.25) is 9.78 Å². The number of nitrogens with one attached hydrogen (secondary N) is 1. The standard InChI is InChI=1S/C17H18N6OS/c1-10(11-4-2-5-19-9-11)20-17-21-12-8-13(18)25-15(12)14(22-17)16(24)23-6-3-7-23/h2,4-5,8-10H,3,6-7,18H2,1H3,(H,20,21,22). The number of amides is 1. The number of aromatic nitrogens is 3. The zero-order valence-corrected chi connectivity index (χ0v) is 14.6.